The maximum atomic E-state index is 12.8. The Hall–Kier alpha value is -1.55. The minimum Gasteiger partial charge on any atom is -0.381 e. The number of aromatic nitrogens is 4. The number of carbonyl (C=O) groups is 1. The molecule has 2 heterocycles. The fourth-order valence-corrected chi connectivity index (χ4v) is 4.08. The van der Waals surface area contributed by atoms with Crippen molar-refractivity contribution in [2.45, 2.75) is 57.7 Å². The van der Waals surface area contributed by atoms with Gasteiger partial charge in [0.25, 0.3) is 5.95 Å². The lowest BCUT2D eigenvalue weighted by Crippen LogP contribution is -2.47. The lowest BCUT2D eigenvalue weighted by molar-refractivity contribution is -0.117. The zero-order valence-corrected chi connectivity index (χ0v) is 16.3. The van der Waals surface area contributed by atoms with Crippen molar-refractivity contribution in [3.05, 3.63) is 0 Å². The molecule has 10 heteroatoms. The van der Waals surface area contributed by atoms with Crippen molar-refractivity contribution in [1.82, 2.24) is 20.2 Å². The third kappa shape index (κ3) is 4.55. The van der Waals surface area contributed by atoms with Gasteiger partial charge in [0.1, 0.15) is 4.75 Å². The number of nitrogens with zero attached hydrogens (tertiary/aromatic N) is 4. The molecule has 9 nitrogen and oxygen atoms in total. The Morgan fingerprint density at radius 3 is 2.36 bits per heavy atom. The van der Waals surface area contributed by atoms with E-state index in [9.17, 15) is 13.2 Å². The highest BCUT2D eigenvalue weighted by Gasteiger charge is 2.43. The van der Waals surface area contributed by atoms with Crippen LogP contribution in [0.5, 0.6) is 0 Å². The van der Waals surface area contributed by atoms with Crippen LogP contribution in [-0.2, 0) is 24.9 Å². The van der Waals surface area contributed by atoms with Gasteiger partial charge < -0.3 is 4.74 Å². The average Bonchev–Trinajstić information content (AvgIpc) is 2.96. The summed E-state index contributed by atoms with van der Waals surface area (Å²) in [7, 11) is -3.65. The number of nitrogens with one attached hydrogen (secondary N) is 1. The van der Waals surface area contributed by atoms with Crippen molar-refractivity contribution in [2.75, 3.05) is 24.3 Å². The summed E-state index contributed by atoms with van der Waals surface area (Å²) in [4.78, 5) is 13.9. The van der Waals surface area contributed by atoms with Crippen molar-refractivity contribution in [2.24, 2.45) is 5.92 Å². The van der Waals surface area contributed by atoms with Crippen molar-refractivity contribution < 1.29 is 17.9 Å². The molecule has 0 unspecified atom stereocenters. The molecule has 0 spiro atoms. The fraction of sp³-hybridized carbons (Fsp3) is 0.867. The van der Waals surface area contributed by atoms with Gasteiger partial charge in [-0.1, -0.05) is 5.10 Å². The number of anilines is 1. The Bertz CT molecular complexity index is 715. The third-order valence-electron chi connectivity index (χ3n) is 4.36. The van der Waals surface area contributed by atoms with Gasteiger partial charge in [0.15, 0.2) is 9.84 Å². The summed E-state index contributed by atoms with van der Waals surface area (Å²) in [6.07, 6.45) is 1.39. The highest BCUT2D eigenvalue weighted by atomic mass is 32.2. The highest BCUT2D eigenvalue weighted by Crippen LogP contribution is 2.25. The second-order valence-corrected chi connectivity index (χ2v) is 10.5. The van der Waals surface area contributed by atoms with Crippen molar-refractivity contribution >= 4 is 21.7 Å². The van der Waals surface area contributed by atoms with Crippen molar-refractivity contribution in [3.63, 3.8) is 0 Å². The van der Waals surface area contributed by atoms with Gasteiger partial charge >= 0.3 is 0 Å². The molecule has 1 aliphatic rings. The van der Waals surface area contributed by atoms with E-state index in [1.165, 1.54) is 18.6 Å². The SMILES string of the molecule is CC(C)(C)n1nnc(NC(=O)C(C)(C)S(=O)(=O)CC2CCOCC2)n1. The van der Waals surface area contributed by atoms with Crippen LogP contribution < -0.4 is 5.32 Å². The molecule has 1 amide bonds. The lowest BCUT2D eigenvalue weighted by atomic mass is 10.0. The van der Waals surface area contributed by atoms with E-state index < -0.39 is 20.5 Å². The Kier molecular flexibility index (Phi) is 5.53. The minimum atomic E-state index is -3.65. The molecule has 1 aromatic heterocycles. The van der Waals surface area contributed by atoms with E-state index in [4.69, 9.17) is 4.74 Å². The smallest absolute Gasteiger partial charge is 0.270 e. The summed E-state index contributed by atoms with van der Waals surface area (Å²) in [5, 5.41) is 14.2. The molecule has 142 valence electrons. The summed E-state index contributed by atoms with van der Waals surface area (Å²) in [5.41, 5.74) is -0.388. The van der Waals surface area contributed by atoms with E-state index in [1.54, 1.807) is 0 Å². The molecule has 1 N–H and O–H groups in total. The lowest BCUT2D eigenvalue weighted by Gasteiger charge is -2.27. The van der Waals surface area contributed by atoms with Crippen LogP contribution in [0.25, 0.3) is 0 Å². The van der Waals surface area contributed by atoms with Crippen LogP contribution in [0.2, 0.25) is 0 Å². The molecule has 0 atom stereocenters. The van der Waals surface area contributed by atoms with Crippen LogP contribution in [0.1, 0.15) is 47.5 Å². The summed E-state index contributed by atoms with van der Waals surface area (Å²) in [6, 6.07) is 0. The van der Waals surface area contributed by atoms with Crippen LogP contribution >= 0.6 is 0 Å². The summed E-state index contributed by atoms with van der Waals surface area (Å²) < 4.78 is 29.2. The molecule has 0 aromatic carbocycles. The molecule has 0 bridgehead atoms. The van der Waals surface area contributed by atoms with Crippen molar-refractivity contribution in [1.29, 1.82) is 0 Å². The largest absolute Gasteiger partial charge is 0.381 e. The van der Waals surface area contributed by atoms with E-state index in [1.807, 2.05) is 20.8 Å². The first kappa shape index (κ1) is 19.8. The van der Waals surface area contributed by atoms with Gasteiger partial charge in [-0.3, -0.25) is 10.1 Å². The summed E-state index contributed by atoms with van der Waals surface area (Å²) in [5.74, 6) is -0.674. The Labute approximate surface area is 148 Å². The molecule has 2 rings (SSSR count). The van der Waals surface area contributed by atoms with Gasteiger partial charge in [-0.05, 0) is 58.6 Å². The summed E-state index contributed by atoms with van der Waals surface area (Å²) >= 11 is 0. The van der Waals surface area contributed by atoms with Gasteiger partial charge in [-0.2, -0.15) is 4.80 Å². The maximum Gasteiger partial charge on any atom is 0.270 e. The van der Waals surface area contributed by atoms with Gasteiger partial charge in [0, 0.05) is 13.2 Å². The third-order valence-corrected chi connectivity index (χ3v) is 7.01. The molecule has 0 aliphatic carbocycles. The number of rotatable bonds is 5. The number of carbonyl (C=O) groups excluding carboxylic acids is 1. The zero-order valence-electron chi connectivity index (χ0n) is 15.4. The second-order valence-electron chi connectivity index (χ2n) is 7.87. The topological polar surface area (TPSA) is 116 Å². The quantitative estimate of drug-likeness (QED) is 0.818. The number of amides is 1. The van der Waals surface area contributed by atoms with E-state index in [-0.39, 0.29) is 23.2 Å². The Morgan fingerprint density at radius 1 is 1.24 bits per heavy atom. The maximum absolute atomic E-state index is 12.8. The van der Waals surface area contributed by atoms with Crippen LogP contribution in [0, 0.1) is 5.92 Å². The molecular weight excluding hydrogens is 346 g/mol. The van der Waals surface area contributed by atoms with Crippen LogP contribution in [0.3, 0.4) is 0 Å². The van der Waals surface area contributed by atoms with E-state index in [2.05, 4.69) is 20.7 Å². The summed E-state index contributed by atoms with van der Waals surface area (Å²) in [6.45, 7) is 9.61. The molecule has 0 saturated carbocycles. The van der Waals surface area contributed by atoms with Gasteiger partial charge in [-0.15, -0.1) is 5.10 Å². The molecule has 25 heavy (non-hydrogen) atoms. The van der Waals surface area contributed by atoms with Crippen molar-refractivity contribution in [3.8, 4) is 0 Å². The predicted molar refractivity (Wildman–Crippen MR) is 92.9 cm³/mol. The van der Waals surface area contributed by atoms with Crippen LogP contribution in [0.15, 0.2) is 0 Å². The molecule has 1 fully saturated rings. The Balaban J connectivity index is 2.09. The number of hydrogen-bond donors (Lipinski definition) is 1. The number of sulfone groups is 1. The predicted octanol–water partition coefficient (Wildman–Crippen LogP) is 0.987. The Morgan fingerprint density at radius 2 is 1.84 bits per heavy atom. The molecule has 1 aliphatic heterocycles. The normalized spacial score (nSPS) is 17.5. The first-order valence-corrected chi connectivity index (χ1v) is 10.0. The zero-order chi connectivity index (χ0) is 18.9. The van der Waals surface area contributed by atoms with Crippen LogP contribution in [-0.4, -0.2) is 58.2 Å². The molecular formula is C15H27N5O4S. The number of tetrazole rings is 1. The number of ether oxygens (including phenoxy) is 1. The molecule has 1 saturated heterocycles. The highest BCUT2D eigenvalue weighted by molar-refractivity contribution is 7.93. The standard InChI is InChI=1S/C15H27N5O4S/c1-14(2,3)20-18-13(17-19-20)16-12(21)15(4,5)25(22,23)10-11-6-8-24-9-7-11/h11H,6-10H2,1-5H3,(H,16,18,21). The van der Waals surface area contributed by atoms with Gasteiger partial charge in [-0.25, -0.2) is 8.42 Å². The molecule has 1 aromatic rings. The van der Waals surface area contributed by atoms with Gasteiger partial charge in [0.05, 0.1) is 11.3 Å². The fourth-order valence-electron chi connectivity index (χ4n) is 2.37. The van der Waals surface area contributed by atoms with Gasteiger partial charge in [0.2, 0.25) is 5.91 Å². The number of hydrogen-bond acceptors (Lipinski definition) is 7. The average molecular weight is 373 g/mol. The monoisotopic (exact) mass is 373 g/mol. The van der Waals surface area contributed by atoms with Crippen LogP contribution in [0.4, 0.5) is 5.95 Å². The van der Waals surface area contributed by atoms with E-state index in [0.717, 1.165) is 0 Å². The first-order valence-electron chi connectivity index (χ1n) is 8.35. The minimum absolute atomic E-state index is 0.00531. The van der Waals surface area contributed by atoms with E-state index >= 15 is 0 Å². The molecule has 0 radical (unpaired) electrons. The second kappa shape index (κ2) is 6.99. The van der Waals surface area contributed by atoms with E-state index in [0.29, 0.717) is 26.1 Å². The first-order chi connectivity index (χ1) is 11.4.